The molecule has 1 heterocycles. The van der Waals surface area contributed by atoms with Crippen LogP contribution in [0, 0.1) is 0 Å². The summed E-state index contributed by atoms with van der Waals surface area (Å²) in [6, 6.07) is -0.563. The predicted molar refractivity (Wildman–Crippen MR) is 51.7 cm³/mol. The van der Waals surface area contributed by atoms with Gasteiger partial charge >= 0.3 is 5.97 Å². The van der Waals surface area contributed by atoms with Crippen molar-refractivity contribution in [2.75, 3.05) is 18.6 Å². The van der Waals surface area contributed by atoms with Gasteiger partial charge in [0.25, 0.3) is 0 Å². The van der Waals surface area contributed by atoms with Gasteiger partial charge in [-0.15, -0.1) is 0 Å². The molecule has 82 valence electrons. The van der Waals surface area contributed by atoms with Crippen molar-refractivity contribution in [1.82, 2.24) is 5.32 Å². The summed E-state index contributed by atoms with van der Waals surface area (Å²) in [6.45, 7) is 1.66. The summed E-state index contributed by atoms with van der Waals surface area (Å²) in [6.07, 6.45) is 0.573. The molecule has 6 heteroatoms. The van der Waals surface area contributed by atoms with Crippen LogP contribution in [-0.2, 0) is 19.4 Å². The second-order valence-electron chi connectivity index (χ2n) is 3.51. The first-order valence-corrected chi connectivity index (χ1v) is 6.31. The molecule has 0 aromatic carbocycles. The fraction of sp³-hybridized carbons (Fsp3) is 0.875. The second kappa shape index (κ2) is 4.27. The Bertz CT molecular complexity index is 311. The third-order valence-electron chi connectivity index (χ3n) is 2.27. The van der Waals surface area contributed by atoms with Crippen LogP contribution in [0.4, 0.5) is 0 Å². The summed E-state index contributed by atoms with van der Waals surface area (Å²) in [5.41, 5.74) is 0. The summed E-state index contributed by atoms with van der Waals surface area (Å²) in [4.78, 5) is 11.0. The van der Waals surface area contributed by atoms with Crippen molar-refractivity contribution in [1.29, 1.82) is 0 Å². The maximum Gasteiger partial charge on any atom is 0.322 e. The highest BCUT2D eigenvalue weighted by molar-refractivity contribution is 7.91. The van der Waals surface area contributed by atoms with Crippen LogP contribution in [0.1, 0.15) is 13.3 Å². The van der Waals surface area contributed by atoms with Gasteiger partial charge in [-0.2, -0.15) is 0 Å². The van der Waals surface area contributed by atoms with Gasteiger partial charge in [0.05, 0.1) is 18.6 Å². The number of methoxy groups -OCH3 is 1. The van der Waals surface area contributed by atoms with Crippen LogP contribution in [0.25, 0.3) is 0 Å². The van der Waals surface area contributed by atoms with Crippen molar-refractivity contribution < 1.29 is 17.9 Å². The smallest absolute Gasteiger partial charge is 0.322 e. The largest absolute Gasteiger partial charge is 0.468 e. The van der Waals surface area contributed by atoms with Crippen LogP contribution < -0.4 is 5.32 Å². The molecule has 1 rings (SSSR count). The number of hydrogen-bond donors (Lipinski definition) is 1. The minimum atomic E-state index is -2.89. The average Bonchev–Trinajstić information content (AvgIpc) is 2.44. The molecule has 0 saturated carbocycles. The van der Waals surface area contributed by atoms with Crippen LogP contribution in [0.5, 0.6) is 0 Å². The molecule has 0 radical (unpaired) electrons. The van der Waals surface area contributed by atoms with E-state index in [1.165, 1.54) is 7.11 Å². The summed E-state index contributed by atoms with van der Waals surface area (Å²) in [7, 11) is -1.58. The summed E-state index contributed by atoms with van der Waals surface area (Å²) in [5, 5.41) is 2.93. The molecule has 1 saturated heterocycles. The molecule has 0 amide bonds. The van der Waals surface area contributed by atoms with Crippen molar-refractivity contribution in [2.45, 2.75) is 25.4 Å². The normalized spacial score (nSPS) is 27.1. The quantitative estimate of drug-likeness (QED) is 0.640. The lowest BCUT2D eigenvalue weighted by Gasteiger charge is -2.15. The van der Waals surface area contributed by atoms with Gasteiger partial charge in [0, 0.05) is 6.04 Å². The van der Waals surface area contributed by atoms with E-state index in [0.29, 0.717) is 6.42 Å². The minimum Gasteiger partial charge on any atom is -0.468 e. The zero-order chi connectivity index (χ0) is 10.8. The third-order valence-corrected chi connectivity index (χ3v) is 4.04. The number of hydrogen-bond acceptors (Lipinski definition) is 5. The molecule has 1 aliphatic heterocycles. The average molecular weight is 221 g/mol. The first-order chi connectivity index (χ1) is 6.44. The number of esters is 1. The van der Waals surface area contributed by atoms with Crippen LogP contribution in [0.2, 0.25) is 0 Å². The zero-order valence-electron chi connectivity index (χ0n) is 8.32. The predicted octanol–water partition coefficient (Wildman–Crippen LogP) is -0.675. The van der Waals surface area contributed by atoms with E-state index in [4.69, 9.17) is 0 Å². The molecule has 1 N–H and O–H groups in total. The first kappa shape index (κ1) is 11.5. The highest BCUT2D eigenvalue weighted by Crippen LogP contribution is 2.11. The van der Waals surface area contributed by atoms with Crippen LogP contribution in [-0.4, -0.2) is 45.1 Å². The molecular formula is C8H15NO4S. The van der Waals surface area contributed by atoms with E-state index in [-0.39, 0.29) is 23.5 Å². The Labute approximate surface area is 83.7 Å². The van der Waals surface area contributed by atoms with Crippen molar-refractivity contribution >= 4 is 15.8 Å². The van der Waals surface area contributed by atoms with Crippen molar-refractivity contribution in [3.8, 4) is 0 Å². The number of rotatable bonds is 3. The molecule has 1 aliphatic rings. The minimum absolute atomic E-state index is 0.117. The Balaban J connectivity index is 2.43. The fourth-order valence-corrected chi connectivity index (χ4v) is 3.21. The van der Waals surface area contributed by atoms with Crippen molar-refractivity contribution in [3.63, 3.8) is 0 Å². The lowest BCUT2D eigenvalue weighted by molar-refractivity contribution is -0.142. The molecule has 0 spiro atoms. The number of ether oxygens (including phenoxy) is 1. The summed E-state index contributed by atoms with van der Waals surface area (Å²) in [5.74, 6) is -0.0401. The topological polar surface area (TPSA) is 72.5 Å². The van der Waals surface area contributed by atoms with Gasteiger partial charge in [0.1, 0.15) is 6.04 Å². The van der Waals surface area contributed by atoms with Crippen molar-refractivity contribution in [3.05, 3.63) is 0 Å². The molecule has 14 heavy (non-hydrogen) atoms. The highest BCUT2D eigenvalue weighted by atomic mass is 32.2. The molecule has 2 atom stereocenters. The number of carbonyl (C=O) groups excluding carboxylic acids is 1. The number of sulfone groups is 1. The lowest BCUT2D eigenvalue weighted by Crippen LogP contribution is -2.42. The van der Waals surface area contributed by atoms with E-state index in [9.17, 15) is 13.2 Å². The number of nitrogens with one attached hydrogen (secondary N) is 1. The second-order valence-corrected chi connectivity index (χ2v) is 5.74. The first-order valence-electron chi connectivity index (χ1n) is 4.49. The monoisotopic (exact) mass is 221 g/mol. The molecule has 0 aliphatic carbocycles. The fourth-order valence-electron chi connectivity index (χ4n) is 1.52. The standard InChI is InChI=1S/C8H15NO4S/c1-6(8(10)13-2)9-7-3-4-14(11,12)5-7/h6-7,9H,3-5H2,1-2H3/t6-,7-/m1/s1. The number of carbonyl (C=O) groups is 1. The zero-order valence-corrected chi connectivity index (χ0v) is 9.13. The van der Waals surface area contributed by atoms with E-state index in [2.05, 4.69) is 10.1 Å². The van der Waals surface area contributed by atoms with Gasteiger partial charge in [-0.3, -0.25) is 4.79 Å². The van der Waals surface area contributed by atoms with Crippen molar-refractivity contribution in [2.24, 2.45) is 0 Å². The van der Waals surface area contributed by atoms with E-state index >= 15 is 0 Å². The molecular weight excluding hydrogens is 206 g/mol. The van der Waals surface area contributed by atoms with Crippen LogP contribution >= 0.6 is 0 Å². The van der Waals surface area contributed by atoms with Gasteiger partial charge in [0.2, 0.25) is 0 Å². The SMILES string of the molecule is COC(=O)[C@@H](C)N[C@@H]1CCS(=O)(=O)C1. The Hall–Kier alpha value is -0.620. The summed E-state index contributed by atoms with van der Waals surface area (Å²) >= 11 is 0. The van der Waals surface area contributed by atoms with Gasteiger partial charge in [-0.1, -0.05) is 0 Å². The van der Waals surface area contributed by atoms with E-state index in [0.717, 1.165) is 0 Å². The summed E-state index contributed by atoms with van der Waals surface area (Å²) < 4.78 is 26.7. The molecule has 0 bridgehead atoms. The Morgan fingerprint density at radius 3 is 2.64 bits per heavy atom. The van der Waals surface area contributed by atoms with Gasteiger partial charge in [-0.05, 0) is 13.3 Å². The Kier molecular flexibility index (Phi) is 3.49. The van der Waals surface area contributed by atoms with E-state index < -0.39 is 15.9 Å². The Morgan fingerprint density at radius 1 is 1.57 bits per heavy atom. The highest BCUT2D eigenvalue weighted by Gasteiger charge is 2.29. The molecule has 0 aromatic rings. The molecule has 0 aromatic heterocycles. The Morgan fingerprint density at radius 2 is 2.21 bits per heavy atom. The molecule has 5 nitrogen and oxygen atoms in total. The lowest BCUT2D eigenvalue weighted by atomic mass is 10.2. The van der Waals surface area contributed by atoms with Crippen LogP contribution in [0.15, 0.2) is 0 Å². The van der Waals surface area contributed by atoms with Gasteiger partial charge in [0.15, 0.2) is 9.84 Å². The van der Waals surface area contributed by atoms with Gasteiger partial charge < -0.3 is 10.1 Å². The molecule has 0 unspecified atom stereocenters. The van der Waals surface area contributed by atoms with Gasteiger partial charge in [-0.25, -0.2) is 8.42 Å². The third kappa shape index (κ3) is 2.95. The van der Waals surface area contributed by atoms with E-state index in [1.807, 2.05) is 0 Å². The maximum absolute atomic E-state index is 11.1. The molecule has 1 fully saturated rings. The van der Waals surface area contributed by atoms with Crippen LogP contribution in [0.3, 0.4) is 0 Å². The van der Waals surface area contributed by atoms with E-state index in [1.54, 1.807) is 6.92 Å². The maximum atomic E-state index is 11.1.